The van der Waals surface area contributed by atoms with Gasteiger partial charge in [-0.15, -0.1) is 0 Å². The van der Waals surface area contributed by atoms with Crippen LogP contribution in [0.2, 0.25) is 0 Å². The van der Waals surface area contributed by atoms with Gasteiger partial charge >= 0.3 is 17.9 Å². The van der Waals surface area contributed by atoms with E-state index in [0.29, 0.717) is 19.3 Å². The van der Waals surface area contributed by atoms with Gasteiger partial charge in [-0.3, -0.25) is 14.4 Å². The molecule has 0 aliphatic carbocycles. The van der Waals surface area contributed by atoms with Crippen molar-refractivity contribution in [3.05, 3.63) is 97.2 Å². The highest BCUT2D eigenvalue weighted by atomic mass is 16.6. The van der Waals surface area contributed by atoms with Crippen LogP contribution in [0.25, 0.3) is 0 Å². The van der Waals surface area contributed by atoms with Crippen LogP contribution >= 0.6 is 0 Å². The maximum absolute atomic E-state index is 12.7. The van der Waals surface area contributed by atoms with Crippen LogP contribution in [-0.4, -0.2) is 37.2 Å². The largest absolute Gasteiger partial charge is 0.462 e. The molecule has 0 amide bonds. The molecular weight excluding hydrogens is 745 g/mol. The van der Waals surface area contributed by atoms with Crippen LogP contribution in [0.1, 0.15) is 207 Å². The van der Waals surface area contributed by atoms with E-state index in [1.807, 2.05) is 6.08 Å². The van der Waals surface area contributed by atoms with Gasteiger partial charge < -0.3 is 14.2 Å². The smallest absolute Gasteiger partial charge is 0.306 e. The summed E-state index contributed by atoms with van der Waals surface area (Å²) in [5.41, 5.74) is 0. The fourth-order valence-corrected chi connectivity index (χ4v) is 6.17. The summed E-state index contributed by atoms with van der Waals surface area (Å²) in [5.74, 6) is -1.07. The van der Waals surface area contributed by atoms with Crippen molar-refractivity contribution in [2.75, 3.05) is 13.2 Å². The van der Waals surface area contributed by atoms with Crippen molar-refractivity contribution < 1.29 is 28.6 Å². The molecule has 60 heavy (non-hydrogen) atoms. The van der Waals surface area contributed by atoms with Crippen LogP contribution < -0.4 is 0 Å². The molecule has 340 valence electrons. The fraction of sp³-hybridized carbons (Fsp3) is 0.648. The maximum Gasteiger partial charge on any atom is 0.306 e. The maximum atomic E-state index is 12.7. The molecule has 0 aliphatic heterocycles. The van der Waals surface area contributed by atoms with Crippen LogP contribution in [-0.2, 0) is 28.6 Å². The quantitative estimate of drug-likeness (QED) is 0.0264. The average Bonchev–Trinajstić information content (AvgIpc) is 3.24. The van der Waals surface area contributed by atoms with Gasteiger partial charge in [0, 0.05) is 19.3 Å². The van der Waals surface area contributed by atoms with E-state index in [0.717, 1.165) is 89.9 Å². The summed E-state index contributed by atoms with van der Waals surface area (Å²) in [6.07, 6.45) is 62.7. The molecule has 0 saturated heterocycles. The topological polar surface area (TPSA) is 78.9 Å². The van der Waals surface area contributed by atoms with Crippen molar-refractivity contribution in [3.8, 4) is 0 Å². The molecule has 0 heterocycles. The molecule has 1 unspecified atom stereocenters. The van der Waals surface area contributed by atoms with Crippen LogP contribution in [0.15, 0.2) is 97.2 Å². The molecule has 0 spiro atoms. The Balaban J connectivity index is 4.56. The van der Waals surface area contributed by atoms with Gasteiger partial charge in [0.25, 0.3) is 0 Å². The Kier molecular flexibility index (Phi) is 45.1. The molecule has 0 aromatic rings. The van der Waals surface area contributed by atoms with Crippen molar-refractivity contribution in [2.24, 2.45) is 0 Å². The zero-order chi connectivity index (χ0) is 43.7. The van der Waals surface area contributed by atoms with Crippen molar-refractivity contribution in [2.45, 2.75) is 213 Å². The Hall–Kier alpha value is -3.67. The van der Waals surface area contributed by atoms with Crippen molar-refractivity contribution in [3.63, 3.8) is 0 Å². The number of esters is 3. The summed E-state index contributed by atoms with van der Waals surface area (Å²) in [7, 11) is 0. The molecule has 0 bridgehead atoms. The molecule has 0 saturated carbocycles. The Morgan fingerprint density at radius 3 is 1.18 bits per heavy atom. The number of ether oxygens (including phenoxy) is 3. The van der Waals surface area contributed by atoms with Gasteiger partial charge in [0.1, 0.15) is 13.2 Å². The van der Waals surface area contributed by atoms with E-state index in [9.17, 15) is 14.4 Å². The second kappa shape index (κ2) is 48.0. The number of hydrogen-bond donors (Lipinski definition) is 0. The SMILES string of the molecule is CC/C=C\C/C=C\CCCCCCCC(=O)OCC(COC(=O)CCC/C=C\C/C=C\C/C=C\C/C=C\CCCCC)OC(=O)CC/C=C\C/C=C\CCCCCCCC. The number of unbranched alkanes of at least 4 members (excludes halogenated alkanes) is 15. The summed E-state index contributed by atoms with van der Waals surface area (Å²) >= 11 is 0. The molecule has 0 aromatic heterocycles. The normalized spacial score (nSPS) is 12.9. The molecule has 0 radical (unpaired) electrons. The zero-order valence-corrected chi connectivity index (χ0v) is 38.7. The van der Waals surface area contributed by atoms with Gasteiger partial charge in [-0.05, 0) is 103 Å². The highest BCUT2D eigenvalue weighted by Gasteiger charge is 2.19. The first-order valence-electron chi connectivity index (χ1n) is 24.2. The van der Waals surface area contributed by atoms with Crippen molar-refractivity contribution in [1.82, 2.24) is 0 Å². The molecule has 0 fully saturated rings. The predicted molar refractivity (Wildman–Crippen MR) is 256 cm³/mol. The highest BCUT2D eigenvalue weighted by Crippen LogP contribution is 2.11. The van der Waals surface area contributed by atoms with E-state index < -0.39 is 12.1 Å². The number of allylic oxidation sites excluding steroid dienone is 16. The van der Waals surface area contributed by atoms with Gasteiger partial charge in [-0.1, -0.05) is 182 Å². The van der Waals surface area contributed by atoms with Gasteiger partial charge in [0.15, 0.2) is 6.10 Å². The molecule has 0 aliphatic rings. The number of rotatable bonds is 42. The first-order valence-corrected chi connectivity index (χ1v) is 24.2. The fourth-order valence-electron chi connectivity index (χ4n) is 6.17. The number of hydrogen-bond acceptors (Lipinski definition) is 6. The van der Waals surface area contributed by atoms with Crippen LogP contribution in [0.5, 0.6) is 0 Å². The lowest BCUT2D eigenvalue weighted by molar-refractivity contribution is -0.166. The minimum Gasteiger partial charge on any atom is -0.462 e. The van der Waals surface area contributed by atoms with Gasteiger partial charge in [-0.25, -0.2) is 0 Å². The molecule has 0 rings (SSSR count). The van der Waals surface area contributed by atoms with Crippen molar-refractivity contribution in [1.29, 1.82) is 0 Å². The van der Waals surface area contributed by atoms with Crippen LogP contribution in [0.4, 0.5) is 0 Å². The summed E-state index contributed by atoms with van der Waals surface area (Å²) < 4.78 is 16.6. The number of carbonyl (C=O) groups is 3. The zero-order valence-electron chi connectivity index (χ0n) is 38.7. The average molecular weight is 833 g/mol. The third-order valence-corrected chi connectivity index (χ3v) is 9.81. The van der Waals surface area contributed by atoms with E-state index in [1.54, 1.807) is 0 Å². The van der Waals surface area contributed by atoms with E-state index >= 15 is 0 Å². The molecular formula is C54H88O6. The summed E-state index contributed by atoms with van der Waals surface area (Å²) in [4.78, 5) is 37.8. The molecule has 6 nitrogen and oxygen atoms in total. The van der Waals surface area contributed by atoms with E-state index in [1.165, 1.54) is 64.2 Å². The third-order valence-electron chi connectivity index (χ3n) is 9.81. The molecule has 1 atom stereocenters. The van der Waals surface area contributed by atoms with Crippen LogP contribution in [0.3, 0.4) is 0 Å². The van der Waals surface area contributed by atoms with E-state index in [-0.39, 0.29) is 38.0 Å². The second-order valence-corrected chi connectivity index (χ2v) is 15.6. The monoisotopic (exact) mass is 833 g/mol. The molecule has 0 aromatic carbocycles. The highest BCUT2D eigenvalue weighted by molar-refractivity contribution is 5.71. The number of carbonyl (C=O) groups excluding carboxylic acids is 3. The minimum atomic E-state index is -0.835. The van der Waals surface area contributed by atoms with E-state index in [4.69, 9.17) is 14.2 Å². The first kappa shape index (κ1) is 56.3. The first-order chi connectivity index (χ1) is 29.5. The van der Waals surface area contributed by atoms with Gasteiger partial charge in [0.2, 0.25) is 0 Å². The van der Waals surface area contributed by atoms with Gasteiger partial charge in [0.05, 0.1) is 0 Å². The Bertz CT molecular complexity index is 1230. The van der Waals surface area contributed by atoms with E-state index in [2.05, 4.69) is 112 Å². The Labute approximate surface area is 368 Å². The predicted octanol–water partition coefficient (Wildman–Crippen LogP) is 15.8. The minimum absolute atomic E-state index is 0.126. The Morgan fingerprint density at radius 1 is 0.350 bits per heavy atom. The second-order valence-electron chi connectivity index (χ2n) is 15.6. The lowest BCUT2D eigenvalue weighted by Gasteiger charge is -2.18. The van der Waals surface area contributed by atoms with Crippen LogP contribution in [0, 0.1) is 0 Å². The van der Waals surface area contributed by atoms with Crippen molar-refractivity contribution >= 4 is 17.9 Å². The summed E-state index contributed by atoms with van der Waals surface area (Å²) in [6.45, 7) is 6.36. The third kappa shape index (κ3) is 45.4. The molecule has 0 N–H and O–H groups in total. The summed E-state index contributed by atoms with van der Waals surface area (Å²) in [5, 5.41) is 0. The standard InChI is InChI=1S/C54H88O6/c1-4-7-10-13-16-19-22-25-26-27-28-30-32-35-38-41-44-47-53(56)59-50-51(49-58-52(55)46-43-40-37-34-31-24-21-18-15-12-9-6-3)60-54(57)48-45-42-39-36-33-29-23-20-17-14-11-8-5-2/h9,12,16,18-19,21,25-26,28-30,33,35,38-39,42,51H,4-8,10-11,13-15,17,20,22-24,27,31-32,34,36-37,40-41,43-50H2,1-3H3/b12-9-,19-16-,21-18-,26-25-,30-28-,33-29-,38-35-,42-39-. The van der Waals surface area contributed by atoms with Gasteiger partial charge in [-0.2, -0.15) is 0 Å². The summed E-state index contributed by atoms with van der Waals surface area (Å²) in [6, 6.07) is 0. The Morgan fingerprint density at radius 2 is 0.700 bits per heavy atom. The molecule has 6 heteroatoms. The lowest BCUT2D eigenvalue weighted by atomic mass is 10.1. The lowest BCUT2D eigenvalue weighted by Crippen LogP contribution is -2.30.